The number of hydrogen-bond donors (Lipinski definition) is 2. The van der Waals surface area contributed by atoms with Gasteiger partial charge in [-0.15, -0.1) is 0 Å². The third kappa shape index (κ3) is 4.71. The lowest BCUT2D eigenvalue weighted by atomic mass is 9.85. The fraction of sp³-hybridized carbons (Fsp3) is 1.00. The van der Waals surface area contributed by atoms with Crippen molar-refractivity contribution in [3.63, 3.8) is 0 Å². The van der Waals surface area contributed by atoms with Gasteiger partial charge >= 0.3 is 0 Å². The van der Waals surface area contributed by atoms with Crippen molar-refractivity contribution in [2.45, 2.75) is 83.3 Å². The summed E-state index contributed by atoms with van der Waals surface area (Å²) >= 11 is 0. The average Bonchev–Trinajstić information content (AvgIpc) is 2.47. The van der Waals surface area contributed by atoms with Gasteiger partial charge in [0.15, 0.2) is 0 Å². The Morgan fingerprint density at radius 1 is 1.20 bits per heavy atom. The molecule has 1 aliphatic carbocycles. The summed E-state index contributed by atoms with van der Waals surface area (Å²) in [5.41, 5.74) is 0. The Kier molecular flexibility index (Phi) is 6.79. The van der Waals surface area contributed by atoms with Crippen LogP contribution in [0.2, 0.25) is 0 Å². The lowest BCUT2D eigenvalue weighted by molar-refractivity contribution is 0.0968. The summed E-state index contributed by atoms with van der Waals surface area (Å²) < 4.78 is 0. The lowest BCUT2D eigenvalue weighted by Crippen LogP contribution is -2.49. The molecule has 1 saturated heterocycles. The largest absolute Gasteiger partial charge is 0.396 e. The molecule has 0 radical (unpaired) electrons. The van der Waals surface area contributed by atoms with E-state index in [-0.39, 0.29) is 0 Å². The monoisotopic (exact) mass is 282 g/mol. The first-order chi connectivity index (χ1) is 9.72. The summed E-state index contributed by atoms with van der Waals surface area (Å²) in [7, 11) is 0. The molecule has 1 heterocycles. The van der Waals surface area contributed by atoms with Gasteiger partial charge in [0.25, 0.3) is 0 Å². The van der Waals surface area contributed by atoms with Crippen molar-refractivity contribution in [1.82, 2.24) is 10.2 Å². The molecule has 20 heavy (non-hydrogen) atoms. The maximum absolute atomic E-state index is 9.09. The van der Waals surface area contributed by atoms with Crippen LogP contribution in [0.5, 0.6) is 0 Å². The molecule has 0 aromatic carbocycles. The van der Waals surface area contributed by atoms with Gasteiger partial charge in [-0.1, -0.05) is 26.7 Å². The van der Waals surface area contributed by atoms with Gasteiger partial charge in [-0.3, -0.25) is 0 Å². The second-order valence-electron chi connectivity index (χ2n) is 7.02. The number of likely N-dealkylation sites (tertiary alicyclic amines) is 1. The van der Waals surface area contributed by atoms with Gasteiger partial charge in [0.1, 0.15) is 0 Å². The van der Waals surface area contributed by atoms with Crippen molar-refractivity contribution in [2.24, 2.45) is 5.92 Å². The predicted molar refractivity (Wildman–Crippen MR) is 84.9 cm³/mol. The normalized spacial score (nSPS) is 31.4. The number of aliphatic hydroxyl groups is 1. The van der Waals surface area contributed by atoms with E-state index >= 15 is 0 Å². The van der Waals surface area contributed by atoms with Gasteiger partial charge in [-0.25, -0.2) is 0 Å². The van der Waals surface area contributed by atoms with Crippen LogP contribution in [0.4, 0.5) is 0 Å². The predicted octanol–water partition coefficient (Wildman–Crippen LogP) is 2.78. The zero-order valence-corrected chi connectivity index (χ0v) is 13.5. The molecule has 2 N–H and O–H groups in total. The summed E-state index contributed by atoms with van der Waals surface area (Å²) in [5, 5.41) is 12.8. The molecule has 0 amide bonds. The first kappa shape index (κ1) is 16.3. The molecule has 2 aliphatic rings. The Morgan fingerprint density at radius 2 is 1.95 bits per heavy atom. The first-order valence-electron chi connectivity index (χ1n) is 8.83. The summed E-state index contributed by atoms with van der Waals surface area (Å²) in [6, 6.07) is 2.04. The highest BCUT2D eigenvalue weighted by Gasteiger charge is 2.28. The van der Waals surface area contributed by atoms with E-state index in [9.17, 15) is 0 Å². The van der Waals surface area contributed by atoms with Crippen LogP contribution in [0.25, 0.3) is 0 Å². The quantitative estimate of drug-likeness (QED) is 0.786. The third-order valence-electron chi connectivity index (χ3n) is 5.40. The fourth-order valence-electron chi connectivity index (χ4n) is 4.06. The molecule has 3 atom stereocenters. The molecule has 1 saturated carbocycles. The van der Waals surface area contributed by atoms with Crippen molar-refractivity contribution in [3.05, 3.63) is 0 Å². The minimum Gasteiger partial charge on any atom is -0.396 e. The number of nitrogens with one attached hydrogen (secondary N) is 1. The van der Waals surface area contributed by atoms with E-state index in [4.69, 9.17) is 5.11 Å². The van der Waals surface area contributed by atoms with Crippen LogP contribution in [0.1, 0.15) is 65.2 Å². The van der Waals surface area contributed by atoms with Crippen LogP contribution in [0, 0.1) is 5.92 Å². The molecular formula is C17H34N2O. The van der Waals surface area contributed by atoms with Gasteiger partial charge in [-0.2, -0.15) is 0 Å². The van der Waals surface area contributed by atoms with Gasteiger partial charge in [0, 0.05) is 24.7 Å². The van der Waals surface area contributed by atoms with E-state index in [0.717, 1.165) is 24.8 Å². The Morgan fingerprint density at radius 3 is 2.55 bits per heavy atom. The van der Waals surface area contributed by atoms with Crippen molar-refractivity contribution >= 4 is 0 Å². The van der Waals surface area contributed by atoms with Gasteiger partial charge in [0.05, 0.1) is 0 Å². The number of nitrogens with zero attached hydrogens (tertiary/aromatic N) is 1. The highest BCUT2D eigenvalue weighted by Crippen LogP contribution is 2.29. The second kappa shape index (κ2) is 8.35. The zero-order chi connectivity index (χ0) is 14.4. The van der Waals surface area contributed by atoms with E-state index in [0.29, 0.717) is 18.7 Å². The van der Waals surface area contributed by atoms with E-state index in [1.807, 2.05) is 0 Å². The number of aliphatic hydroxyl groups excluding tert-OH is 1. The summed E-state index contributed by atoms with van der Waals surface area (Å²) in [5.74, 6) is 0.929. The maximum Gasteiger partial charge on any atom is 0.0445 e. The molecular weight excluding hydrogens is 248 g/mol. The van der Waals surface area contributed by atoms with E-state index in [1.54, 1.807) is 0 Å². The first-order valence-corrected chi connectivity index (χ1v) is 8.83. The highest BCUT2D eigenvalue weighted by atomic mass is 16.3. The molecule has 0 spiro atoms. The van der Waals surface area contributed by atoms with Crippen molar-refractivity contribution in [2.75, 3.05) is 19.7 Å². The van der Waals surface area contributed by atoms with Crippen molar-refractivity contribution < 1.29 is 5.11 Å². The van der Waals surface area contributed by atoms with Gasteiger partial charge in [-0.05, 0) is 57.5 Å². The molecule has 2 rings (SSSR count). The van der Waals surface area contributed by atoms with E-state index in [1.165, 1.54) is 51.6 Å². The molecule has 3 heteroatoms. The van der Waals surface area contributed by atoms with E-state index in [2.05, 4.69) is 24.1 Å². The van der Waals surface area contributed by atoms with Crippen LogP contribution in [0.15, 0.2) is 0 Å². The van der Waals surface area contributed by atoms with Crippen LogP contribution >= 0.6 is 0 Å². The molecule has 118 valence electrons. The second-order valence-corrected chi connectivity index (χ2v) is 7.02. The molecule has 0 aromatic rings. The number of hydrogen-bond acceptors (Lipinski definition) is 3. The zero-order valence-electron chi connectivity index (χ0n) is 13.5. The summed E-state index contributed by atoms with van der Waals surface area (Å²) in [4.78, 5) is 2.75. The summed E-state index contributed by atoms with van der Waals surface area (Å²) in [6.07, 6.45) is 10.3. The maximum atomic E-state index is 9.09. The lowest BCUT2D eigenvalue weighted by Gasteiger charge is -2.41. The Bertz CT molecular complexity index is 264. The minimum atomic E-state index is 0.310. The Balaban J connectivity index is 1.71. The smallest absolute Gasteiger partial charge is 0.0445 e. The standard InChI is InChI=1S/C17H34N2O/c1-3-15(9-12-20)18-16-7-10-19(11-8-16)17-6-4-5-14(2)13-17/h14-18,20H,3-13H2,1-2H3. The highest BCUT2D eigenvalue weighted by molar-refractivity contribution is 4.85. The van der Waals surface area contributed by atoms with E-state index < -0.39 is 0 Å². The molecule has 0 aromatic heterocycles. The van der Waals surface area contributed by atoms with Gasteiger partial charge in [0.2, 0.25) is 0 Å². The topological polar surface area (TPSA) is 35.5 Å². The summed E-state index contributed by atoms with van der Waals surface area (Å²) in [6.45, 7) is 7.48. The Hall–Kier alpha value is -0.120. The van der Waals surface area contributed by atoms with Crippen LogP contribution < -0.4 is 5.32 Å². The van der Waals surface area contributed by atoms with Crippen LogP contribution in [-0.4, -0.2) is 47.8 Å². The minimum absolute atomic E-state index is 0.310. The van der Waals surface area contributed by atoms with Gasteiger partial charge < -0.3 is 15.3 Å². The SMILES string of the molecule is CCC(CCO)NC1CCN(C2CCCC(C)C2)CC1. The third-order valence-corrected chi connectivity index (χ3v) is 5.40. The molecule has 1 aliphatic heterocycles. The van der Waals surface area contributed by atoms with Crippen molar-refractivity contribution in [1.29, 1.82) is 0 Å². The fourth-order valence-corrected chi connectivity index (χ4v) is 4.06. The molecule has 3 nitrogen and oxygen atoms in total. The van der Waals surface area contributed by atoms with Crippen molar-refractivity contribution in [3.8, 4) is 0 Å². The molecule has 0 bridgehead atoms. The number of piperidine rings is 1. The Labute approximate surface area is 125 Å². The molecule has 3 unspecified atom stereocenters. The van der Waals surface area contributed by atoms with Crippen LogP contribution in [-0.2, 0) is 0 Å². The number of rotatable bonds is 6. The molecule has 2 fully saturated rings. The van der Waals surface area contributed by atoms with Crippen LogP contribution in [0.3, 0.4) is 0 Å². The average molecular weight is 282 g/mol.